The molecule has 0 rings (SSSR count). The molecule has 0 atom stereocenters. The molecule has 0 aromatic heterocycles. The summed E-state index contributed by atoms with van der Waals surface area (Å²) in [5.74, 6) is 0. The van der Waals surface area contributed by atoms with Gasteiger partial charge in [0.15, 0.2) is 0 Å². The third-order valence-electron chi connectivity index (χ3n) is 0.524. The molecule has 0 aliphatic rings. The summed E-state index contributed by atoms with van der Waals surface area (Å²) in [7, 11) is 0. The van der Waals surface area contributed by atoms with Gasteiger partial charge in [0, 0.05) is 0 Å². The maximum atomic E-state index is 5.24. The van der Waals surface area contributed by atoms with Gasteiger partial charge in [0.2, 0.25) is 0 Å². The maximum absolute atomic E-state index is 5.24. The molecule has 0 heterocycles. The van der Waals surface area contributed by atoms with Crippen LogP contribution < -0.4 is 11.5 Å². The van der Waals surface area contributed by atoms with Gasteiger partial charge in [-0.1, -0.05) is 0 Å². The van der Waals surface area contributed by atoms with Crippen LogP contribution in [-0.2, 0) is 0 Å². The molecule has 0 aromatic carbocycles. The molecular formula is C4H12N2Se. The van der Waals surface area contributed by atoms with Crippen molar-refractivity contribution in [3.05, 3.63) is 0 Å². The summed E-state index contributed by atoms with van der Waals surface area (Å²) in [6, 6.07) is 0. The number of hydrogen-bond acceptors (Lipinski definition) is 2. The topological polar surface area (TPSA) is 52.0 Å². The molecule has 2 nitrogen and oxygen atoms in total. The minimum atomic E-state index is 0.726. The zero-order valence-corrected chi connectivity index (χ0v) is 6.10. The van der Waals surface area contributed by atoms with Crippen LogP contribution in [0.15, 0.2) is 0 Å². The summed E-state index contributed by atoms with van der Waals surface area (Å²) in [6.45, 7) is 1.67. The van der Waals surface area contributed by atoms with Crippen LogP contribution in [0.3, 0.4) is 0 Å². The second-order valence-electron chi connectivity index (χ2n) is 1.19. The van der Waals surface area contributed by atoms with E-state index in [1.165, 1.54) is 10.6 Å². The molecule has 0 saturated carbocycles. The molecule has 0 radical (unpaired) electrons. The molecule has 0 aliphatic heterocycles. The molecule has 0 unspecified atom stereocenters. The Balaban J connectivity index is 2.45. The third-order valence-corrected chi connectivity index (χ3v) is 2.72. The molecule has 44 valence electrons. The van der Waals surface area contributed by atoms with Gasteiger partial charge in [-0.25, -0.2) is 0 Å². The van der Waals surface area contributed by atoms with E-state index in [0.29, 0.717) is 0 Å². The fourth-order valence-electron chi connectivity index (χ4n) is 0.269. The Hall–Kier alpha value is 0.439. The van der Waals surface area contributed by atoms with Gasteiger partial charge in [-0.05, 0) is 0 Å². The van der Waals surface area contributed by atoms with Crippen LogP contribution in [0.2, 0.25) is 10.6 Å². The van der Waals surface area contributed by atoms with E-state index in [-0.39, 0.29) is 0 Å². The van der Waals surface area contributed by atoms with Crippen LogP contribution in [0.1, 0.15) is 0 Å². The first kappa shape index (κ1) is 7.44. The summed E-state index contributed by atoms with van der Waals surface area (Å²) in [5.41, 5.74) is 10.5. The summed E-state index contributed by atoms with van der Waals surface area (Å²) in [6.07, 6.45) is 0. The number of nitrogens with two attached hydrogens (primary N) is 2. The molecule has 0 bridgehead atoms. The van der Waals surface area contributed by atoms with Crippen LogP contribution in [0.5, 0.6) is 0 Å². The van der Waals surface area contributed by atoms with Crippen molar-refractivity contribution >= 4 is 15.0 Å². The third kappa shape index (κ3) is 6.44. The van der Waals surface area contributed by atoms with Crippen molar-refractivity contribution in [2.75, 3.05) is 13.1 Å². The van der Waals surface area contributed by atoms with Crippen LogP contribution in [-0.4, -0.2) is 28.0 Å². The van der Waals surface area contributed by atoms with Gasteiger partial charge >= 0.3 is 50.2 Å². The second-order valence-corrected chi connectivity index (χ2v) is 3.76. The molecule has 3 heteroatoms. The second kappa shape index (κ2) is 6.44. The first-order chi connectivity index (χ1) is 3.41. The average molecular weight is 167 g/mol. The first-order valence-corrected chi connectivity index (χ1v) is 4.82. The number of hydrogen-bond donors (Lipinski definition) is 2. The fraction of sp³-hybridized carbons (Fsp3) is 1.00. The number of rotatable bonds is 4. The van der Waals surface area contributed by atoms with Gasteiger partial charge in [-0.15, -0.1) is 0 Å². The standard InChI is InChI=1S/C4H12N2Se/c5-1-3-7-4-2-6/h1-6H2. The molecule has 0 aromatic rings. The first-order valence-electron chi connectivity index (χ1n) is 2.39. The van der Waals surface area contributed by atoms with E-state index in [9.17, 15) is 0 Å². The summed E-state index contributed by atoms with van der Waals surface area (Å²) in [4.78, 5) is 0. The van der Waals surface area contributed by atoms with Crippen molar-refractivity contribution in [1.82, 2.24) is 0 Å². The zero-order chi connectivity index (χ0) is 5.54. The van der Waals surface area contributed by atoms with Gasteiger partial charge in [0.05, 0.1) is 0 Å². The van der Waals surface area contributed by atoms with E-state index in [4.69, 9.17) is 11.5 Å². The molecule has 0 aliphatic carbocycles. The Morgan fingerprint density at radius 2 is 1.43 bits per heavy atom. The van der Waals surface area contributed by atoms with Crippen LogP contribution in [0, 0.1) is 0 Å². The van der Waals surface area contributed by atoms with Gasteiger partial charge in [-0.3, -0.25) is 0 Å². The van der Waals surface area contributed by atoms with Crippen molar-refractivity contribution in [2.45, 2.75) is 10.6 Å². The molecule has 0 amide bonds. The van der Waals surface area contributed by atoms with E-state index < -0.39 is 0 Å². The van der Waals surface area contributed by atoms with Crippen molar-refractivity contribution in [3.63, 3.8) is 0 Å². The summed E-state index contributed by atoms with van der Waals surface area (Å²) < 4.78 is 0. The SMILES string of the molecule is NCC[Se]CCN. The van der Waals surface area contributed by atoms with Crippen LogP contribution >= 0.6 is 0 Å². The Bertz CT molecular complexity index is 28.9. The van der Waals surface area contributed by atoms with Crippen molar-refractivity contribution < 1.29 is 0 Å². The summed E-state index contributed by atoms with van der Waals surface area (Å²) >= 11 is 0.726. The quantitative estimate of drug-likeness (QED) is 0.435. The van der Waals surface area contributed by atoms with Crippen LogP contribution in [0.25, 0.3) is 0 Å². The summed E-state index contributed by atoms with van der Waals surface area (Å²) in [5, 5.41) is 2.37. The van der Waals surface area contributed by atoms with Crippen LogP contribution in [0.4, 0.5) is 0 Å². The molecule has 0 spiro atoms. The predicted octanol–water partition coefficient (Wildman–Crippen LogP) is -0.555. The Labute approximate surface area is 50.8 Å². The molecule has 0 saturated heterocycles. The van der Waals surface area contributed by atoms with E-state index in [0.717, 1.165) is 28.0 Å². The Kier molecular flexibility index (Phi) is 6.84. The van der Waals surface area contributed by atoms with E-state index in [2.05, 4.69) is 0 Å². The zero-order valence-electron chi connectivity index (χ0n) is 4.39. The van der Waals surface area contributed by atoms with E-state index in [1.54, 1.807) is 0 Å². The van der Waals surface area contributed by atoms with E-state index in [1.807, 2.05) is 0 Å². The normalized spacial score (nSPS) is 9.43. The van der Waals surface area contributed by atoms with Gasteiger partial charge in [-0.2, -0.15) is 0 Å². The fourth-order valence-corrected chi connectivity index (χ4v) is 1.40. The Morgan fingerprint density at radius 3 is 1.71 bits per heavy atom. The van der Waals surface area contributed by atoms with Gasteiger partial charge in [0.1, 0.15) is 0 Å². The van der Waals surface area contributed by atoms with E-state index >= 15 is 0 Å². The van der Waals surface area contributed by atoms with Crippen molar-refractivity contribution in [3.8, 4) is 0 Å². The van der Waals surface area contributed by atoms with Gasteiger partial charge in [0.25, 0.3) is 0 Å². The molecule has 4 N–H and O–H groups in total. The minimum absolute atomic E-state index is 0.726. The predicted molar refractivity (Wildman–Crippen MR) is 33.5 cm³/mol. The van der Waals surface area contributed by atoms with Gasteiger partial charge < -0.3 is 0 Å². The average Bonchev–Trinajstić information content (AvgIpc) is 1.69. The molecule has 7 heavy (non-hydrogen) atoms. The monoisotopic (exact) mass is 168 g/mol. The van der Waals surface area contributed by atoms with Crippen molar-refractivity contribution in [2.24, 2.45) is 11.5 Å². The van der Waals surface area contributed by atoms with Crippen molar-refractivity contribution in [1.29, 1.82) is 0 Å². The molecular weight excluding hydrogens is 155 g/mol. The molecule has 0 fully saturated rings. The Morgan fingerprint density at radius 1 is 1.00 bits per heavy atom.